The van der Waals surface area contributed by atoms with Crippen LogP contribution in [0.25, 0.3) is 18.3 Å². The summed E-state index contributed by atoms with van der Waals surface area (Å²) in [5.74, 6) is -0.529. The van der Waals surface area contributed by atoms with E-state index in [1.54, 1.807) is 12.1 Å². The number of nitro groups is 1. The molecule has 2 N–H and O–H groups in total. The molecular formula is C17H11Cl2N3O4. The molecule has 1 aromatic heterocycles. The number of phenols is 1. The lowest BCUT2D eigenvalue weighted by Gasteiger charge is -2.02. The SMILES string of the molecule is C=c1[nH]n(-c2ccc(Cl)c(Cl)c2)c(=O)/c1=C\c1cccc([N+](=O)[O-])c1O. The number of benzene rings is 2. The fourth-order valence-electron chi connectivity index (χ4n) is 2.42. The van der Waals surface area contributed by atoms with E-state index in [1.165, 1.54) is 35.0 Å². The maximum absolute atomic E-state index is 12.7. The number of hydrogen-bond donors (Lipinski definition) is 2. The van der Waals surface area contributed by atoms with Gasteiger partial charge < -0.3 is 5.11 Å². The van der Waals surface area contributed by atoms with Crippen LogP contribution in [0.4, 0.5) is 5.69 Å². The van der Waals surface area contributed by atoms with Crippen molar-refractivity contribution in [3.8, 4) is 11.4 Å². The molecule has 0 aliphatic carbocycles. The third-order valence-corrected chi connectivity index (χ3v) is 4.45. The average Bonchev–Trinajstić information content (AvgIpc) is 2.87. The third-order valence-electron chi connectivity index (χ3n) is 3.71. The van der Waals surface area contributed by atoms with E-state index in [2.05, 4.69) is 11.7 Å². The van der Waals surface area contributed by atoms with Crippen LogP contribution in [-0.4, -0.2) is 19.8 Å². The summed E-state index contributed by atoms with van der Waals surface area (Å²) in [4.78, 5) is 22.9. The van der Waals surface area contributed by atoms with Crippen LogP contribution in [0.1, 0.15) is 5.56 Å². The number of aromatic hydroxyl groups is 1. The van der Waals surface area contributed by atoms with Crippen LogP contribution in [0, 0.1) is 10.1 Å². The molecule has 0 unspecified atom stereocenters. The molecule has 9 heteroatoms. The van der Waals surface area contributed by atoms with Crippen molar-refractivity contribution in [1.29, 1.82) is 0 Å². The van der Waals surface area contributed by atoms with Crippen LogP contribution in [0.2, 0.25) is 10.0 Å². The fraction of sp³-hybridized carbons (Fsp3) is 0. The quantitative estimate of drug-likeness (QED) is 0.528. The van der Waals surface area contributed by atoms with Gasteiger partial charge in [0.2, 0.25) is 5.75 Å². The van der Waals surface area contributed by atoms with E-state index in [-0.39, 0.29) is 21.2 Å². The summed E-state index contributed by atoms with van der Waals surface area (Å²) < 4.78 is 1.21. The molecule has 1 heterocycles. The Morgan fingerprint density at radius 2 is 1.96 bits per heavy atom. The summed E-state index contributed by atoms with van der Waals surface area (Å²) in [6, 6.07) is 8.69. The second kappa shape index (κ2) is 6.70. The number of H-pyrrole nitrogens is 1. The van der Waals surface area contributed by atoms with Crippen LogP contribution >= 0.6 is 23.2 Å². The normalized spacial score (nSPS) is 11.7. The summed E-state index contributed by atoms with van der Waals surface area (Å²) >= 11 is 11.9. The predicted molar refractivity (Wildman–Crippen MR) is 99.5 cm³/mol. The first-order chi connectivity index (χ1) is 12.3. The van der Waals surface area contributed by atoms with Gasteiger partial charge in [-0.25, -0.2) is 4.68 Å². The number of rotatable bonds is 3. The van der Waals surface area contributed by atoms with Crippen molar-refractivity contribution in [2.75, 3.05) is 0 Å². The molecule has 0 saturated carbocycles. The fourth-order valence-corrected chi connectivity index (χ4v) is 2.71. The van der Waals surface area contributed by atoms with E-state index in [1.807, 2.05) is 0 Å². The second-order valence-electron chi connectivity index (χ2n) is 5.36. The zero-order valence-electron chi connectivity index (χ0n) is 13.1. The zero-order valence-corrected chi connectivity index (χ0v) is 14.6. The summed E-state index contributed by atoms with van der Waals surface area (Å²) in [7, 11) is 0. The highest BCUT2D eigenvalue weighted by Gasteiger charge is 2.15. The molecule has 7 nitrogen and oxygen atoms in total. The Bertz CT molecular complexity index is 1200. The number of phenolic OH excluding ortho intramolecular Hbond substituents is 1. The van der Waals surface area contributed by atoms with Crippen molar-refractivity contribution in [2.24, 2.45) is 0 Å². The Morgan fingerprint density at radius 1 is 1.23 bits per heavy atom. The number of halogens is 2. The molecule has 0 saturated heterocycles. The lowest BCUT2D eigenvalue weighted by Crippen LogP contribution is -2.33. The standard InChI is InChI=1S/C17H11Cl2N3O4/c1-9-12(7-10-3-2-4-15(16(10)23)22(25)26)17(24)21(20-9)11-5-6-13(18)14(19)8-11/h2-8,20,23H,1H2/b12-7-. The highest BCUT2D eigenvalue weighted by Crippen LogP contribution is 2.29. The molecule has 3 aromatic rings. The van der Waals surface area contributed by atoms with Crippen LogP contribution in [0.3, 0.4) is 0 Å². The van der Waals surface area contributed by atoms with Gasteiger partial charge in [0, 0.05) is 11.6 Å². The van der Waals surface area contributed by atoms with Crippen molar-refractivity contribution < 1.29 is 10.0 Å². The molecule has 2 aromatic carbocycles. The number of aromatic nitrogens is 2. The minimum Gasteiger partial charge on any atom is -0.502 e. The highest BCUT2D eigenvalue weighted by molar-refractivity contribution is 6.42. The van der Waals surface area contributed by atoms with Gasteiger partial charge in [0.05, 0.1) is 31.2 Å². The van der Waals surface area contributed by atoms with E-state index < -0.39 is 21.9 Å². The van der Waals surface area contributed by atoms with Crippen LogP contribution in [0.5, 0.6) is 5.75 Å². The number of nitrogens with zero attached hydrogens (tertiary/aromatic N) is 2. The number of para-hydroxylation sites is 1. The van der Waals surface area contributed by atoms with Gasteiger partial charge in [-0.3, -0.25) is 20.0 Å². The number of hydrogen-bond acceptors (Lipinski definition) is 4. The molecule has 0 atom stereocenters. The molecule has 132 valence electrons. The monoisotopic (exact) mass is 391 g/mol. The first-order valence-electron chi connectivity index (χ1n) is 7.23. The Labute approximate surface area is 156 Å². The smallest absolute Gasteiger partial charge is 0.311 e. The third kappa shape index (κ3) is 3.10. The van der Waals surface area contributed by atoms with Crippen molar-refractivity contribution in [1.82, 2.24) is 9.78 Å². The predicted octanol–water partition coefficient (Wildman–Crippen LogP) is 2.33. The largest absolute Gasteiger partial charge is 0.502 e. The van der Waals surface area contributed by atoms with Gasteiger partial charge in [0.1, 0.15) is 0 Å². The first-order valence-corrected chi connectivity index (χ1v) is 7.98. The first kappa shape index (κ1) is 17.8. The zero-order chi connectivity index (χ0) is 19.0. The van der Waals surface area contributed by atoms with Gasteiger partial charge in [-0.15, -0.1) is 0 Å². The topological polar surface area (TPSA) is 101 Å². The summed E-state index contributed by atoms with van der Waals surface area (Å²) in [5.41, 5.74) is -0.345. The molecule has 0 aliphatic rings. The number of nitrogens with one attached hydrogen (secondary N) is 1. The molecule has 0 spiro atoms. The summed E-state index contributed by atoms with van der Waals surface area (Å²) in [6.07, 6.45) is 1.33. The van der Waals surface area contributed by atoms with Gasteiger partial charge in [0.25, 0.3) is 5.56 Å². The van der Waals surface area contributed by atoms with Crippen molar-refractivity contribution in [2.45, 2.75) is 0 Å². The van der Waals surface area contributed by atoms with Gasteiger partial charge >= 0.3 is 5.69 Å². The number of nitro benzene ring substituents is 1. The van der Waals surface area contributed by atoms with Crippen molar-refractivity contribution in [3.63, 3.8) is 0 Å². The lowest BCUT2D eigenvalue weighted by atomic mass is 10.1. The van der Waals surface area contributed by atoms with Gasteiger partial charge in [-0.05, 0) is 24.3 Å². The highest BCUT2D eigenvalue weighted by atomic mass is 35.5. The maximum Gasteiger partial charge on any atom is 0.311 e. The summed E-state index contributed by atoms with van der Waals surface area (Å²) in [6.45, 7) is 3.77. The second-order valence-corrected chi connectivity index (χ2v) is 6.17. The van der Waals surface area contributed by atoms with Crippen LogP contribution in [-0.2, 0) is 0 Å². The molecule has 26 heavy (non-hydrogen) atoms. The van der Waals surface area contributed by atoms with Gasteiger partial charge in [-0.1, -0.05) is 41.9 Å². The Hall–Kier alpha value is -3.03. The molecule has 3 rings (SSSR count). The van der Waals surface area contributed by atoms with E-state index in [0.29, 0.717) is 10.7 Å². The molecule has 0 fully saturated rings. The molecule has 0 amide bonds. The van der Waals surface area contributed by atoms with E-state index >= 15 is 0 Å². The van der Waals surface area contributed by atoms with E-state index in [9.17, 15) is 20.0 Å². The average molecular weight is 392 g/mol. The number of aromatic amines is 1. The van der Waals surface area contributed by atoms with Gasteiger partial charge in [0.15, 0.2) is 0 Å². The van der Waals surface area contributed by atoms with Gasteiger partial charge in [-0.2, -0.15) is 0 Å². The Balaban J connectivity index is 2.21. The maximum atomic E-state index is 12.7. The van der Waals surface area contributed by atoms with Crippen LogP contribution < -0.4 is 16.1 Å². The lowest BCUT2D eigenvalue weighted by molar-refractivity contribution is -0.385. The molecule has 0 bridgehead atoms. The Morgan fingerprint density at radius 3 is 2.62 bits per heavy atom. The minimum atomic E-state index is -0.705. The van der Waals surface area contributed by atoms with Crippen LogP contribution in [0.15, 0.2) is 41.2 Å². The minimum absolute atomic E-state index is 0.126. The molecule has 0 aliphatic heterocycles. The summed E-state index contributed by atoms with van der Waals surface area (Å²) in [5, 5.41) is 24.8. The molecule has 0 radical (unpaired) electrons. The van der Waals surface area contributed by atoms with Crippen molar-refractivity contribution in [3.05, 3.63) is 83.0 Å². The Kier molecular flexibility index (Phi) is 4.58. The van der Waals surface area contributed by atoms with E-state index in [0.717, 1.165) is 0 Å². The molecular weight excluding hydrogens is 381 g/mol. The van der Waals surface area contributed by atoms with Crippen molar-refractivity contribution >= 4 is 41.5 Å². The van der Waals surface area contributed by atoms with E-state index in [4.69, 9.17) is 23.2 Å².